The van der Waals surface area contributed by atoms with Crippen LogP contribution in [0, 0.1) is 0 Å². The summed E-state index contributed by atoms with van der Waals surface area (Å²) in [4.78, 5) is 16.5. The van der Waals surface area contributed by atoms with Gasteiger partial charge < -0.3 is 9.84 Å². The Hall–Kier alpha value is -2.60. The molecule has 0 saturated heterocycles. The van der Waals surface area contributed by atoms with Crippen LogP contribution in [0.2, 0.25) is 5.02 Å². The van der Waals surface area contributed by atoms with Crippen LogP contribution >= 0.6 is 11.6 Å². The highest BCUT2D eigenvalue weighted by Gasteiger charge is 2.27. The van der Waals surface area contributed by atoms with Gasteiger partial charge in [0.25, 0.3) is 0 Å². The molecule has 0 radical (unpaired) electrons. The lowest BCUT2D eigenvalue weighted by molar-refractivity contribution is 0.0523. The molecule has 0 aliphatic rings. The highest BCUT2D eigenvalue weighted by Crippen LogP contribution is 2.38. The fourth-order valence-corrected chi connectivity index (χ4v) is 2.83. The van der Waals surface area contributed by atoms with Crippen molar-refractivity contribution in [2.24, 2.45) is 0 Å². The third-order valence-electron chi connectivity index (χ3n) is 3.92. The number of carbonyl (C=O) groups excluding carboxylic acids is 1. The van der Waals surface area contributed by atoms with Gasteiger partial charge in [-0.3, -0.25) is 0 Å². The van der Waals surface area contributed by atoms with Crippen molar-refractivity contribution in [3.8, 4) is 17.0 Å². The maximum absolute atomic E-state index is 12.1. The van der Waals surface area contributed by atoms with Crippen molar-refractivity contribution >= 4 is 28.6 Å². The Morgan fingerprint density at radius 1 is 1.27 bits per heavy atom. The SMILES string of the molecule is CCOC(=O)c1cnc2c(c(-c3ccc(Cl)cc3)nn2C(C)(C)C)c1O. The van der Waals surface area contributed by atoms with E-state index in [0.29, 0.717) is 21.7 Å². The molecule has 1 N–H and O–H groups in total. The molecule has 26 heavy (non-hydrogen) atoms. The van der Waals surface area contributed by atoms with Gasteiger partial charge >= 0.3 is 5.97 Å². The van der Waals surface area contributed by atoms with Crippen LogP contribution in [-0.4, -0.2) is 32.4 Å². The van der Waals surface area contributed by atoms with E-state index in [4.69, 9.17) is 16.3 Å². The van der Waals surface area contributed by atoms with Crippen molar-refractivity contribution in [3.05, 3.63) is 41.0 Å². The third kappa shape index (κ3) is 3.12. The zero-order valence-corrected chi connectivity index (χ0v) is 15.8. The molecule has 0 saturated carbocycles. The number of hydrogen-bond donors (Lipinski definition) is 1. The molecule has 3 rings (SSSR count). The van der Waals surface area contributed by atoms with Crippen molar-refractivity contribution in [1.29, 1.82) is 0 Å². The molecule has 3 aromatic rings. The number of halogens is 1. The highest BCUT2D eigenvalue weighted by atomic mass is 35.5. The Morgan fingerprint density at radius 2 is 1.92 bits per heavy atom. The van der Waals surface area contributed by atoms with Crippen molar-refractivity contribution < 1.29 is 14.6 Å². The molecule has 0 amide bonds. The molecule has 0 spiro atoms. The van der Waals surface area contributed by atoms with Crippen molar-refractivity contribution in [2.75, 3.05) is 6.61 Å². The summed E-state index contributed by atoms with van der Waals surface area (Å²) in [6.07, 6.45) is 1.32. The summed E-state index contributed by atoms with van der Waals surface area (Å²) in [5.74, 6) is -0.807. The van der Waals surface area contributed by atoms with Gasteiger partial charge in [-0.25, -0.2) is 14.5 Å². The molecular formula is C19H20ClN3O3. The topological polar surface area (TPSA) is 77.2 Å². The van der Waals surface area contributed by atoms with E-state index in [0.717, 1.165) is 5.56 Å². The second-order valence-corrected chi connectivity index (χ2v) is 7.31. The van der Waals surface area contributed by atoms with Gasteiger partial charge in [0.15, 0.2) is 5.65 Å². The smallest absolute Gasteiger partial charge is 0.343 e. The molecule has 136 valence electrons. The number of nitrogens with zero attached hydrogens (tertiary/aromatic N) is 3. The number of aromatic hydroxyl groups is 1. The normalized spacial score (nSPS) is 11.7. The monoisotopic (exact) mass is 373 g/mol. The molecular weight excluding hydrogens is 354 g/mol. The molecule has 0 aliphatic carbocycles. The largest absolute Gasteiger partial charge is 0.506 e. The van der Waals surface area contributed by atoms with E-state index in [-0.39, 0.29) is 23.5 Å². The predicted molar refractivity (Wildman–Crippen MR) is 101 cm³/mol. The summed E-state index contributed by atoms with van der Waals surface area (Å²) < 4.78 is 6.75. The van der Waals surface area contributed by atoms with Gasteiger partial charge in [0.1, 0.15) is 17.0 Å². The first kappa shape index (κ1) is 18.2. The molecule has 2 aromatic heterocycles. The second kappa shape index (κ2) is 6.61. The lowest BCUT2D eigenvalue weighted by atomic mass is 10.1. The highest BCUT2D eigenvalue weighted by molar-refractivity contribution is 6.30. The maximum Gasteiger partial charge on any atom is 0.343 e. The van der Waals surface area contributed by atoms with E-state index in [1.807, 2.05) is 32.9 Å². The Kier molecular flexibility index (Phi) is 4.63. The molecule has 0 bridgehead atoms. The number of pyridine rings is 1. The summed E-state index contributed by atoms with van der Waals surface area (Å²) in [7, 11) is 0. The number of fused-ring (bicyclic) bond motifs is 1. The molecule has 7 heteroatoms. The van der Waals surface area contributed by atoms with Crippen LogP contribution in [0.1, 0.15) is 38.1 Å². The van der Waals surface area contributed by atoms with Gasteiger partial charge in [-0.05, 0) is 39.8 Å². The number of esters is 1. The molecule has 0 unspecified atom stereocenters. The summed E-state index contributed by atoms with van der Waals surface area (Å²) in [5, 5.41) is 16.5. The van der Waals surface area contributed by atoms with Gasteiger partial charge in [-0.1, -0.05) is 23.7 Å². The first-order valence-electron chi connectivity index (χ1n) is 8.28. The van der Waals surface area contributed by atoms with Crippen LogP contribution < -0.4 is 0 Å². The summed E-state index contributed by atoms with van der Waals surface area (Å²) in [5.41, 5.74) is 1.44. The van der Waals surface area contributed by atoms with Gasteiger partial charge in [0, 0.05) is 16.8 Å². The molecule has 0 aliphatic heterocycles. The van der Waals surface area contributed by atoms with E-state index in [2.05, 4.69) is 10.1 Å². The van der Waals surface area contributed by atoms with E-state index >= 15 is 0 Å². The third-order valence-corrected chi connectivity index (χ3v) is 4.17. The minimum absolute atomic E-state index is 0.0167. The number of benzene rings is 1. The van der Waals surface area contributed by atoms with Gasteiger partial charge in [0.2, 0.25) is 0 Å². The fourth-order valence-electron chi connectivity index (χ4n) is 2.70. The molecule has 0 atom stereocenters. The van der Waals surface area contributed by atoms with Crippen molar-refractivity contribution in [1.82, 2.24) is 14.8 Å². The maximum atomic E-state index is 12.1. The zero-order valence-electron chi connectivity index (χ0n) is 15.1. The molecule has 0 fully saturated rings. The van der Waals surface area contributed by atoms with E-state index in [9.17, 15) is 9.90 Å². The number of hydrogen-bond acceptors (Lipinski definition) is 5. The van der Waals surface area contributed by atoms with Gasteiger partial charge in [-0.2, -0.15) is 5.10 Å². The lowest BCUT2D eigenvalue weighted by Gasteiger charge is -2.19. The van der Waals surface area contributed by atoms with Crippen molar-refractivity contribution in [3.63, 3.8) is 0 Å². The lowest BCUT2D eigenvalue weighted by Crippen LogP contribution is -2.23. The predicted octanol–water partition coefficient (Wildman–Crippen LogP) is 4.39. The van der Waals surface area contributed by atoms with Crippen LogP contribution in [0.15, 0.2) is 30.5 Å². The van der Waals surface area contributed by atoms with E-state index < -0.39 is 5.97 Å². The second-order valence-electron chi connectivity index (χ2n) is 6.88. The van der Waals surface area contributed by atoms with Gasteiger partial charge in [0.05, 0.1) is 17.5 Å². The quantitative estimate of drug-likeness (QED) is 0.689. The van der Waals surface area contributed by atoms with E-state index in [1.165, 1.54) is 6.20 Å². The Labute approximate surface area is 156 Å². The van der Waals surface area contributed by atoms with Crippen LogP contribution in [0.3, 0.4) is 0 Å². The Balaban J connectivity index is 2.33. The summed E-state index contributed by atoms with van der Waals surface area (Å²) in [6.45, 7) is 7.88. The standard InChI is InChI=1S/C19H20ClN3O3/c1-5-26-18(25)13-10-21-17-14(16(13)24)15(22-23(17)19(2,3)4)11-6-8-12(20)9-7-11/h6-10H,5H2,1-4H3,(H,21,24). The zero-order chi connectivity index (χ0) is 19.1. The Bertz CT molecular complexity index is 972. The minimum atomic E-state index is -0.620. The van der Waals surface area contributed by atoms with Crippen LogP contribution in [0.25, 0.3) is 22.3 Å². The van der Waals surface area contributed by atoms with Crippen LogP contribution in [0.4, 0.5) is 0 Å². The molecule has 1 aromatic carbocycles. The van der Waals surface area contributed by atoms with E-state index in [1.54, 1.807) is 23.7 Å². The summed E-state index contributed by atoms with van der Waals surface area (Å²) >= 11 is 5.98. The molecule has 6 nitrogen and oxygen atoms in total. The minimum Gasteiger partial charge on any atom is -0.506 e. The summed E-state index contributed by atoms with van der Waals surface area (Å²) in [6, 6.07) is 7.12. The van der Waals surface area contributed by atoms with Crippen LogP contribution in [0.5, 0.6) is 5.75 Å². The first-order chi connectivity index (χ1) is 12.2. The van der Waals surface area contributed by atoms with Gasteiger partial charge in [-0.15, -0.1) is 0 Å². The van der Waals surface area contributed by atoms with Crippen molar-refractivity contribution in [2.45, 2.75) is 33.2 Å². The fraction of sp³-hybridized carbons (Fsp3) is 0.316. The number of aromatic nitrogens is 3. The average molecular weight is 374 g/mol. The molecule has 2 heterocycles. The number of ether oxygens (including phenoxy) is 1. The number of rotatable bonds is 3. The Morgan fingerprint density at radius 3 is 2.50 bits per heavy atom. The average Bonchev–Trinajstić information content (AvgIpc) is 2.97. The van der Waals surface area contributed by atoms with Crippen LogP contribution in [-0.2, 0) is 10.3 Å². The number of carbonyl (C=O) groups is 1. The first-order valence-corrected chi connectivity index (χ1v) is 8.66.